The zero-order chi connectivity index (χ0) is 7.72. The van der Waals surface area contributed by atoms with E-state index in [2.05, 4.69) is 20.8 Å². The Balaban J connectivity index is 2.49. The van der Waals surface area contributed by atoms with E-state index in [1.165, 1.54) is 0 Å². The predicted octanol–water partition coefficient (Wildman–Crippen LogP) is 2.05. The maximum atomic E-state index is 9.37. The van der Waals surface area contributed by atoms with Gasteiger partial charge in [-0.25, -0.2) is 0 Å². The lowest BCUT2D eigenvalue weighted by Crippen LogP contribution is -2.30. The SMILES string of the molecule is C[C@H]1C[C@H](O)C[C@H](C)[C@@H]1C. The molecule has 0 saturated heterocycles. The lowest BCUT2D eigenvalue weighted by Gasteiger charge is -2.34. The molecule has 2 atom stereocenters. The number of aliphatic hydroxyl groups is 1. The summed E-state index contributed by atoms with van der Waals surface area (Å²) < 4.78 is 0. The predicted molar refractivity (Wildman–Crippen MR) is 42.7 cm³/mol. The molecule has 1 heteroatoms. The van der Waals surface area contributed by atoms with Crippen molar-refractivity contribution in [2.24, 2.45) is 17.8 Å². The second-order valence-corrected chi connectivity index (χ2v) is 3.94. The average Bonchev–Trinajstić information content (AvgIpc) is 1.82. The first-order valence-corrected chi connectivity index (χ1v) is 4.29. The van der Waals surface area contributed by atoms with Gasteiger partial charge in [-0.3, -0.25) is 0 Å². The molecule has 0 aliphatic heterocycles. The van der Waals surface area contributed by atoms with Gasteiger partial charge < -0.3 is 5.11 Å². The highest BCUT2D eigenvalue weighted by Crippen LogP contribution is 2.33. The summed E-state index contributed by atoms with van der Waals surface area (Å²) >= 11 is 0. The second kappa shape index (κ2) is 2.91. The van der Waals surface area contributed by atoms with Crippen molar-refractivity contribution in [3.8, 4) is 0 Å². The lowest BCUT2D eigenvalue weighted by molar-refractivity contribution is 0.0467. The molecule has 1 saturated carbocycles. The molecular formula is C9H18O. The Morgan fingerprint density at radius 3 is 1.80 bits per heavy atom. The lowest BCUT2D eigenvalue weighted by atomic mass is 9.73. The number of hydrogen-bond acceptors (Lipinski definition) is 1. The molecular weight excluding hydrogens is 124 g/mol. The smallest absolute Gasteiger partial charge is 0.0545 e. The molecule has 60 valence electrons. The van der Waals surface area contributed by atoms with E-state index in [0.29, 0.717) is 11.8 Å². The van der Waals surface area contributed by atoms with E-state index in [4.69, 9.17) is 0 Å². The molecule has 1 nitrogen and oxygen atoms in total. The normalized spacial score (nSPS) is 49.2. The first-order valence-electron chi connectivity index (χ1n) is 4.29. The highest BCUT2D eigenvalue weighted by atomic mass is 16.3. The minimum Gasteiger partial charge on any atom is -0.393 e. The van der Waals surface area contributed by atoms with Crippen LogP contribution in [0.15, 0.2) is 0 Å². The summed E-state index contributed by atoms with van der Waals surface area (Å²) in [5.41, 5.74) is 0. The molecule has 1 fully saturated rings. The van der Waals surface area contributed by atoms with Gasteiger partial charge in [-0.05, 0) is 30.6 Å². The van der Waals surface area contributed by atoms with Crippen molar-refractivity contribution >= 4 is 0 Å². The Kier molecular flexibility index (Phi) is 2.35. The molecule has 0 amide bonds. The molecule has 0 aromatic heterocycles. The van der Waals surface area contributed by atoms with Crippen LogP contribution < -0.4 is 0 Å². The largest absolute Gasteiger partial charge is 0.393 e. The minimum absolute atomic E-state index is 0.0267. The molecule has 1 rings (SSSR count). The van der Waals surface area contributed by atoms with Crippen LogP contribution >= 0.6 is 0 Å². The summed E-state index contributed by atoms with van der Waals surface area (Å²) in [4.78, 5) is 0. The molecule has 0 unspecified atom stereocenters. The van der Waals surface area contributed by atoms with Gasteiger partial charge in [-0.2, -0.15) is 0 Å². The molecule has 10 heavy (non-hydrogen) atoms. The molecule has 1 aliphatic rings. The maximum absolute atomic E-state index is 9.37. The Morgan fingerprint density at radius 2 is 1.40 bits per heavy atom. The van der Waals surface area contributed by atoms with Gasteiger partial charge in [0.1, 0.15) is 0 Å². The zero-order valence-electron chi connectivity index (χ0n) is 7.17. The first-order chi connectivity index (χ1) is 4.61. The van der Waals surface area contributed by atoms with Gasteiger partial charge in [0.05, 0.1) is 6.10 Å². The molecule has 1 N–H and O–H groups in total. The van der Waals surface area contributed by atoms with Gasteiger partial charge in [0.25, 0.3) is 0 Å². The Hall–Kier alpha value is -0.0400. The van der Waals surface area contributed by atoms with E-state index >= 15 is 0 Å². The van der Waals surface area contributed by atoms with Gasteiger partial charge in [0, 0.05) is 0 Å². The summed E-state index contributed by atoms with van der Waals surface area (Å²) in [5.74, 6) is 2.21. The summed E-state index contributed by atoms with van der Waals surface area (Å²) in [6.07, 6.45) is 1.98. The van der Waals surface area contributed by atoms with Gasteiger partial charge >= 0.3 is 0 Å². The second-order valence-electron chi connectivity index (χ2n) is 3.94. The third kappa shape index (κ3) is 1.51. The van der Waals surface area contributed by atoms with Crippen LogP contribution in [0.25, 0.3) is 0 Å². The van der Waals surface area contributed by atoms with Gasteiger partial charge in [-0.15, -0.1) is 0 Å². The van der Waals surface area contributed by atoms with E-state index in [-0.39, 0.29) is 6.10 Å². The summed E-state index contributed by atoms with van der Waals surface area (Å²) in [6, 6.07) is 0. The van der Waals surface area contributed by atoms with Gasteiger partial charge in [-0.1, -0.05) is 20.8 Å². The third-order valence-electron chi connectivity index (χ3n) is 3.08. The molecule has 0 radical (unpaired) electrons. The first kappa shape index (κ1) is 8.06. The standard InChI is InChI=1S/C9H18O/c1-6-4-9(10)5-7(2)8(6)3/h6-10H,4-5H2,1-3H3/t6-,7-,8-,9+/m0/s1. The zero-order valence-corrected chi connectivity index (χ0v) is 7.17. The molecule has 0 aromatic rings. The number of aliphatic hydroxyl groups excluding tert-OH is 1. The van der Waals surface area contributed by atoms with Crippen LogP contribution in [0, 0.1) is 17.8 Å². The minimum atomic E-state index is -0.0267. The fourth-order valence-corrected chi connectivity index (χ4v) is 1.94. The van der Waals surface area contributed by atoms with Crippen molar-refractivity contribution in [2.45, 2.75) is 39.7 Å². The van der Waals surface area contributed by atoms with Crippen molar-refractivity contribution in [1.29, 1.82) is 0 Å². The van der Waals surface area contributed by atoms with E-state index in [0.717, 1.165) is 18.8 Å². The van der Waals surface area contributed by atoms with E-state index in [1.807, 2.05) is 0 Å². The molecule has 0 bridgehead atoms. The van der Waals surface area contributed by atoms with Crippen LogP contribution in [0.2, 0.25) is 0 Å². The van der Waals surface area contributed by atoms with Crippen LogP contribution in [-0.2, 0) is 0 Å². The van der Waals surface area contributed by atoms with E-state index in [9.17, 15) is 5.11 Å². The van der Waals surface area contributed by atoms with Crippen molar-refractivity contribution in [3.05, 3.63) is 0 Å². The summed E-state index contributed by atoms with van der Waals surface area (Å²) in [6.45, 7) is 6.77. The third-order valence-corrected chi connectivity index (χ3v) is 3.08. The van der Waals surface area contributed by atoms with Crippen LogP contribution in [0.3, 0.4) is 0 Å². The van der Waals surface area contributed by atoms with Crippen molar-refractivity contribution in [2.75, 3.05) is 0 Å². The topological polar surface area (TPSA) is 20.2 Å². The van der Waals surface area contributed by atoms with E-state index in [1.54, 1.807) is 0 Å². The van der Waals surface area contributed by atoms with Crippen LogP contribution in [-0.4, -0.2) is 11.2 Å². The molecule has 1 aliphatic carbocycles. The highest BCUT2D eigenvalue weighted by Gasteiger charge is 2.28. The van der Waals surface area contributed by atoms with Crippen molar-refractivity contribution in [1.82, 2.24) is 0 Å². The summed E-state index contributed by atoms with van der Waals surface area (Å²) in [5, 5.41) is 9.37. The van der Waals surface area contributed by atoms with Crippen LogP contribution in [0.4, 0.5) is 0 Å². The van der Waals surface area contributed by atoms with Gasteiger partial charge in [0.15, 0.2) is 0 Å². The van der Waals surface area contributed by atoms with E-state index < -0.39 is 0 Å². The number of rotatable bonds is 0. The Morgan fingerprint density at radius 1 is 1.00 bits per heavy atom. The Bertz CT molecular complexity index is 99.3. The molecule has 0 heterocycles. The molecule has 0 spiro atoms. The average molecular weight is 142 g/mol. The van der Waals surface area contributed by atoms with Crippen molar-refractivity contribution in [3.63, 3.8) is 0 Å². The van der Waals surface area contributed by atoms with Gasteiger partial charge in [0.2, 0.25) is 0 Å². The van der Waals surface area contributed by atoms with Crippen LogP contribution in [0.5, 0.6) is 0 Å². The monoisotopic (exact) mass is 142 g/mol. The highest BCUT2D eigenvalue weighted by molar-refractivity contribution is 4.79. The maximum Gasteiger partial charge on any atom is 0.0545 e. The fourth-order valence-electron chi connectivity index (χ4n) is 1.94. The molecule has 0 aromatic carbocycles. The van der Waals surface area contributed by atoms with Crippen molar-refractivity contribution < 1.29 is 5.11 Å². The quantitative estimate of drug-likeness (QED) is 0.549. The Labute approximate surface area is 63.4 Å². The fraction of sp³-hybridized carbons (Fsp3) is 1.00. The number of hydrogen-bond donors (Lipinski definition) is 1. The summed E-state index contributed by atoms with van der Waals surface area (Å²) in [7, 11) is 0. The van der Waals surface area contributed by atoms with Crippen LogP contribution in [0.1, 0.15) is 33.6 Å².